The highest BCUT2D eigenvalue weighted by Crippen LogP contribution is 2.39. The minimum atomic E-state index is 0.111. The Hall–Kier alpha value is -0.460. The quantitative estimate of drug-likeness (QED) is 0.572. The van der Waals surface area contributed by atoms with Crippen molar-refractivity contribution in [1.82, 2.24) is 0 Å². The number of allylic oxidation sites excluding steroid dienone is 2. The van der Waals surface area contributed by atoms with Crippen molar-refractivity contribution < 1.29 is 5.11 Å². The van der Waals surface area contributed by atoms with Gasteiger partial charge in [-0.3, -0.25) is 0 Å². The molecule has 1 nitrogen and oxygen atoms in total. The SMILES string of the molecule is CCC1(C)CCC=C1O. The number of aliphatic hydroxyl groups is 1. The van der Waals surface area contributed by atoms with E-state index < -0.39 is 0 Å². The predicted molar refractivity (Wildman–Crippen MR) is 38.3 cm³/mol. The zero-order chi connectivity index (χ0) is 6.91. The van der Waals surface area contributed by atoms with Crippen molar-refractivity contribution in [3.63, 3.8) is 0 Å². The van der Waals surface area contributed by atoms with E-state index in [0.29, 0.717) is 5.76 Å². The van der Waals surface area contributed by atoms with Crippen LogP contribution in [-0.4, -0.2) is 5.11 Å². The topological polar surface area (TPSA) is 20.2 Å². The number of rotatable bonds is 1. The van der Waals surface area contributed by atoms with Crippen LogP contribution in [0.5, 0.6) is 0 Å². The van der Waals surface area contributed by atoms with Gasteiger partial charge >= 0.3 is 0 Å². The van der Waals surface area contributed by atoms with Crippen LogP contribution >= 0.6 is 0 Å². The third-order valence-corrected chi connectivity index (χ3v) is 2.43. The van der Waals surface area contributed by atoms with Gasteiger partial charge in [0, 0.05) is 5.41 Å². The molecule has 0 amide bonds. The Bertz CT molecular complexity index is 138. The second-order valence-electron chi connectivity index (χ2n) is 3.04. The molecule has 1 unspecified atom stereocenters. The van der Waals surface area contributed by atoms with Gasteiger partial charge in [-0.1, -0.05) is 13.8 Å². The maximum Gasteiger partial charge on any atom is 0.0941 e. The first-order chi connectivity index (χ1) is 4.19. The molecule has 1 rings (SSSR count). The molecule has 0 fully saturated rings. The highest BCUT2D eigenvalue weighted by atomic mass is 16.3. The molecular weight excluding hydrogens is 112 g/mol. The molecular formula is C8H14O. The lowest BCUT2D eigenvalue weighted by atomic mass is 9.86. The van der Waals surface area contributed by atoms with E-state index in [1.165, 1.54) is 0 Å². The largest absolute Gasteiger partial charge is 0.512 e. The Kier molecular flexibility index (Phi) is 1.52. The Morgan fingerprint density at radius 2 is 2.44 bits per heavy atom. The maximum absolute atomic E-state index is 9.31. The van der Waals surface area contributed by atoms with E-state index >= 15 is 0 Å². The summed E-state index contributed by atoms with van der Waals surface area (Å²) in [6, 6.07) is 0. The van der Waals surface area contributed by atoms with Gasteiger partial charge in [-0.2, -0.15) is 0 Å². The number of hydrogen-bond donors (Lipinski definition) is 1. The number of hydrogen-bond acceptors (Lipinski definition) is 1. The smallest absolute Gasteiger partial charge is 0.0941 e. The van der Waals surface area contributed by atoms with Gasteiger partial charge in [0.05, 0.1) is 5.76 Å². The fourth-order valence-corrected chi connectivity index (χ4v) is 1.26. The van der Waals surface area contributed by atoms with Gasteiger partial charge in [-0.05, 0) is 25.3 Å². The van der Waals surface area contributed by atoms with Gasteiger partial charge in [0.15, 0.2) is 0 Å². The molecule has 0 aromatic heterocycles. The molecule has 0 spiro atoms. The molecule has 1 atom stereocenters. The molecule has 52 valence electrons. The second kappa shape index (κ2) is 2.05. The van der Waals surface area contributed by atoms with Crippen molar-refractivity contribution in [2.45, 2.75) is 33.1 Å². The molecule has 1 heteroatoms. The fraction of sp³-hybridized carbons (Fsp3) is 0.750. The highest BCUT2D eigenvalue weighted by Gasteiger charge is 2.29. The summed E-state index contributed by atoms with van der Waals surface area (Å²) in [5, 5.41) is 9.31. The first-order valence-corrected chi connectivity index (χ1v) is 3.58. The van der Waals surface area contributed by atoms with E-state index in [9.17, 15) is 5.11 Å². The van der Waals surface area contributed by atoms with E-state index in [1.54, 1.807) is 0 Å². The highest BCUT2D eigenvalue weighted by molar-refractivity contribution is 5.10. The summed E-state index contributed by atoms with van der Waals surface area (Å²) in [5.74, 6) is 0.602. The van der Waals surface area contributed by atoms with E-state index in [4.69, 9.17) is 0 Å². The average Bonchev–Trinajstić information content (AvgIpc) is 2.15. The molecule has 0 radical (unpaired) electrons. The van der Waals surface area contributed by atoms with Crippen LogP contribution in [0.25, 0.3) is 0 Å². The molecule has 9 heavy (non-hydrogen) atoms. The fourth-order valence-electron chi connectivity index (χ4n) is 1.26. The first-order valence-electron chi connectivity index (χ1n) is 3.58. The van der Waals surface area contributed by atoms with Crippen LogP contribution in [-0.2, 0) is 0 Å². The summed E-state index contributed by atoms with van der Waals surface area (Å²) in [4.78, 5) is 0. The van der Waals surface area contributed by atoms with Crippen molar-refractivity contribution in [3.05, 3.63) is 11.8 Å². The van der Waals surface area contributed by atoms with E-state index in [1.807, 2.05) is 6.08 Å². The summed E-state index contributed by atoms with van der Waals surface area (Å²) < 4.78 is 0. The van der Waals surface area contributed by atoms with Crippen LogP contribution in [0.15, 0.2) is 11.8 Å². The Morgan fingerprint density at radius 1 is 1.78 bits per heavy atom. The van der Waals surface area contributed by atoms with Crippen molar-refractivity contribution in [2.24, 2.45) is 5.41 Å². The van der Waals surface area contributed by atoms with Gasteiger partial charge in [0.1, 0.15) is 0 Å². The minimum Gasteiger partial charge on any atom is -0.512 e. The molecule has 0 aliphatic heterocycles. The van der Waals surface area contributed by atoms with Crippen molar-refractivity contribution >= 4 is 0 Å². The molecule has 0 saturated carbocycles. The van der Waals surface area contributed by atoms with E-state index in [0.717, 1.165) is 19.3 Å². The van der Waals surface area contributed by atoms with E-state index in [2.05, 4.69) is 13.8 Å². The third kappa shape index (κ3) is 0.958. The summed E-state index contributed by atoms with van der Waals surface area (Å²) in [6.07, 6.45) is 5.16. The monoisotopic (exact) mass is 126 g/mol. The summed E-state index contributed by atoms with van der Waals surface area (Å²) in [7, 11) is 0. The summed E-state index contributed by atoms with van der Waals surface area (Å²) >= 11 is 0. The maximum atomic E-state index is 9.31. The van der Waals surface area contributed by atoms with Gasteiger partial charge in [0.25, 0.3) is 0 Å². The van der Waals surface area contributed by atoms with Gasteiger partial charge in [-0.25, -0.2) is 0 Å². The molecule has 0 bridgehead atoms. The molecule has 0 heterocycles. The van der Waals surface area contributed by atoms with Crippen LogP contribution in [0, 0.1) is 5.41 Å². The van der Waals surface area contributed by atoms with E-state index in [-0.39, 0.29) is 5.41 Å². The lowest BCUT2D eigenvalue weighted by molar-refractivity contribution is 0.239. The van der Waals surface area contributed by atoms with Gasteiger partial charge in [0.2, 0.25) is 0 Å². The van der Waals surface area contributed by atoms with Crippen molar-refractivity contribution in [1.29, 1.82) is 0 Å². The standard InChI is InChI=1S/C8H14O/c1-3-8(2)6-4-5-7(8)9/h5,9H,3-4,6H2,1-2H3. The third-order valence-electron chi connectivity index (χ3n) is 2.43. The molecule has 1 N–H and O–H groups in total. The summed E-state index contributed by atoms with van der Waals surface area (Å²) in [5.41, 5.74) is 0.111. The average molecular weight is 126 g/mol. The summed E-state index contributed by atoms with van der Waals surface area (Å²) in [6.45, 7) is 4.24. The second-order valence-corrected chi connectivity index (χ2v) is 3.04. The van der Waals surface area contributed by atoms with Gasteiger partial charge < -0.3 is 5.11 Å². The Morgan fingerprint density at radius 3 is 2.67 bits per heavy atom. The zero-order valence-corrected chi connectivity index (χ0v) is 6.15. The Labute approximate surface area is 56.4 Å². The molecule has 0 aromatic rings. The lowest BCUT2D eigenvalue weighted by Gasteiger charge is -2.21. The van der Waals surface area contributed by atoms with Crippen molar-refractivity contribution in [3.8, 4) is 0 Å². The Balaban J connectivity index is 2.70. The lowest BCUT2D eigenvalue weighted by Crippen LogP contribution is -2.13. The molecule has 0 aromatic carbocycles. The normalized spacial score (nSPS) is 34.7. The van der Waals surface area contributed by atoms with Gasteiger partial charge in [-0.15, -0.1) is 0 Å². The first kappa shape index (κ1) is 6.66. The van der Waals surface area contributed by atoms with Crippen molar-refractivity contribution in [2.75, 3.05) is 0 Å². The number of aliphatic hydroxyl groups excluding tert-OH is 1. The molecule has 0 saturated heterocycles. The predicted octanol–water partition coefficient (Wildman–Crippen LogP) is 2.64. The van der Waals surface area contributed by atoms with Crippen LogP contribution < -0.4 is 0 Å². The van der Waals surface area contributed by atoms with Crippen LogP contribution in [0.4, 0.5) is 0 Å². The molecule has 1 aliphatic carbocycles. The molecule has 1 aliphatic rings. The minimum absolute atomic E-state index is 0.111. The van der Waals surface area contributed by atoms with Crippen LogP contribution in [0.3, 0.4) is 0 Å². The zero-order valence-electron chi connectivity index (χ0n) is 6.15. The van der Waals surface area contributed by atoms with Crippen LogP contribution in [0.2, 0.25) is 0 Å². The van der Waals surface area contributed by atoms with Crippen LogP contribution in [0.1, 0.15) is 33.1 Å².